The summed E-state index contributed by atoms with van der Waals surface area (Å²) in [7, 11) is 0. The Hall–Kier alpha value is -4.02. The topological polar surface area (TPSA) is 96.0 Å². The summed E-state index contributed by atoms with van der Waals surface area (Å²) in [6.07, 6.45) is 0.633. The molecule has 35 heavy (non-hydrogen) atoms. The molecule has 3 aromatic rings. The van der Waals surface area contributed by atoms with Gasteiger partial charge in [-0.05, 0) is 61.7 Å². The van der Waals surface area contributed by atoms with Gasteiger partial charge >= 0.3 is 6.18 Å². The lowest BCUT2D eigenvalue weighted by atomic mass is 10.1. The van der Waals surface area contributed by atoms with Crippen molar-refractivity contribution >= 4 is 23.2 Å². The maximum Gasteiger partial charge on any atom is 0.418 e. The van der Waals surface area contributed by atoms with Crippen LogP contribution in [0.15, 0.2) is 55.0 Å². The van der Waals surface area contributed by atoms with E-state index < -0.39 is 23.1 Å². The minimum Gasteiger partial charge on any atom is -0.354 e. The van der Waals surface area contributed by atoms with Gasteiger partial charge in [-0.3, -0.25) is 19.6 Å². The van der Waals surface area contributed by atoms with Gasteiger partial charge in [-0.25, -0.2) is 4.39 Å². The number of alkyl halides is 3. The van der Waals surface area contributed by atoms with Crippen LogP contribution in [-0.4, -0.2) is 27.3 Å². The summed E-state index contributed by atoms with van der Waals surface area (Å²) in [5, 5.41) is 8.08. The molecule has 1 aliphatic rings. The molecule has 1 aromatic carbocycles. The van der Waals surface area contributed by atoms with Crippen molar-refractivity contribution in [1.29, 1.82) is 0 Å². The highest BCUT2D eigenvalue weighted by molar-refractivity contribution is 6.00. The number of nitrogens with one attached hydrogen (secondary N) is 3. The number of hydrogen-bond acceptors (Lipinski definition) is 5. The molecule has 0 unspecified atom stereocenters. The molecule has 182 valence electrons. The summed E-state index contributed by atoms with van der Waals surface area (Å²) in [5.74, 6) is -1.73. The predicted molar refractivity (Wildman–Crippen MR) is 119 cm³/mol. The Morgan fingerprint density at radius 2 is 1.83 bits per heavy atom. The first-order valence-electron chi connectivity index (χ1n) is 10.7. The van der Waals surface area contributed by atoms with Gasteiger partial charge in [0.05, 0.1) is 40.9 Å². The van der Waals surface area contributed by atoms with Gasteiger partial charge in [0.1, 0.15) is 11.4 Å². The summed E-state index contributed by atoms with van der Waals surface area (Å²) in [6.45, 7) is 1.87. The molecular formula is C24H21F4N5O2. The zero-order valence-electron chi connectivity index (χ0n) is 18.5. The molecule has 0 saturated heterocycles. The Labute approximate surface area is 198 Å². The van der Waals surface area contributed by atoms with Crippen molar-refractivity contribution in [2.45, 2.75) is 38.0 Å². The maximum absolute atomic E-state index is 13.3. The molecule has 0 radical (unpaired) electrons. The molecule has 11 heteroatoms. The van der Waals surface area contributed by atoms with Gasteiger partial charge in [-0.2, -0.15) is 13.2 Å². The van der Waals surface area contributed by atoms with Crippen molar-refractivity contribution in [2.24, 2.45) is 0 Å². The van der Waals surface area contributed by atoms with Gasteiger partial charge < -0.3 is 16.0 Å². The van der Waals surface area contributed by atoms with Crippen LogP contribution < -0.4 is 16.0 Å². The SMILES string of the molecule is Cc1cncc(C(=O)NC2(C(=O)NCc3ccc(Nc4ccc(F)cc4C(F)(F)F)cn3)CC2)c1. The van der Waals surface area contributed by atoms with Crippen molar-refractivity contribution < 1.29 is 27.2 Å². The fourth-order valence-corrected chi connectivity index (χ4v) is 3.46. The van der Waals surface area contributed by atoms with Crippen LogP contribution in [-0.2, 0) is 17.5 Å². The third kappa shape index (κ3) is 5.73. The Morgan fingerprint density at radius 3 is 2.46 bits per heavy atom. The Balaban J connectivity index is 1.35. The van der Waals surface area contributed by atoms with E-state index in [0.29, 0.717) is 30.2 Å². The molecular weight excluding hydrogens is 466 g/mol. The van der Waals surface area contributed by atoms with E-state index in [1.165, 1.54) is 24.5 Å². The normalized spacial score (nSPS) is 14.2. The van der Waals surface area contributed by atoms with Gasteiger partial charge in [0.2, 0.25) is 5.91 Å². The number of aryl methyl sites for hydroxylation is 1. The molecule has 2 heterocycles. The van der Waals surface area contributed by atoms with Crippen LogP contribution in [0.3, 0.4) is 0 Å². The first kappa shape index (κ1) is 24.1. The number of carbonyl (C=O) groups excluding carboxylic acids is 2. The second kappa shape index (κ2) is 9.32. The zero-order valence-corrected chi connectivity index (χ0v) is 18.5. The number of carbonyl (C=O) groups is 2. The second-order valence-corrected chi connectivity index (χ2v) is 8.32. The largest absolute Gasteiger partial charge is 0.418 e. The number of anilines is 2. The van der Waals surface area contributed by atoms with E-state index in [4.69, 9.17) is 0 Å². The summed E-state index contributed by atoms with van der Waals surface area (Å²) in [6, 6.07) is 7.06. The highest BCUT2D eigenvalue weighted by Crippen LogP contribution is 2.37. The summed E-state index contributed by atoms with van der Waals surface area (Å²) in [4.78, 5) is 33.3. The van der Waals surface area contributed by atoms with Gasteiger partial charge in [0.25, 0.3) is 5.91 Å². The van der Waals surface area contributed by atoms with E-state index in [0.717, 1.165) is 17.7 Å². The lowest BCUT2D eigenvalue weighted by Crippen LogP contribution is -2.48. The number of pyridine rings is 2. The van der Waals surface area contributed by atoms with Crippen LogP contribution in [0.2, 0.25) is 0 Å². The van der Waals surface area contributed by atoms with Gasteiger partial charge in [0, 0.05) is 12.4 Å². The van der Waals surface area contributed by atoms with Crippen LogP contribution in [0.4, 0.5) is 28.9 Å². The standard InChI is InChI=1S/C24H21F4N5O2/c1-14-8-15(11-29-10-14)21(34)33-23(6-7-23)22(35)31-12-17-3-4-18(13-30-17)32-20-5-2-16(25)9-19(20)24(26,27)28/h2-5,8-11,13,32H,6-7,12H2,1H3,(H,31,35)(H,33,34). The number of rotatable bonds is 7. The van der Waals surface area contributed by atoms with E-state index in [-0.39, 0.29) is 29.7 Å². The lowest BCUT2D eigenvalue weighted by Gasteiger charge is -2.17. The zero-order chi connectivity index (χ0) is 25.2. The predicted octanol–water partition coefficient (Wildman–Crippen LogP) is 4.27. The fraction of sp³-hybridized carbons (Fsp3) is 0.250. The van der Waals surface area contributed by atoms with Crippen LogP contribution in [0.5, 0.6) is 0 Å². The monoisotopic (exact) mass is 487 g/mol. The highest BCUT2D eigenvalue weighted by Gasteiger charge is 2.51. The first-order valence-corrected chi connectivity index (χ1v) is 10.7. The number of aromatic nitrogens is 2. The fourth-order valence-electron chi connectivity index (χ4n) is 3.46. The van der Waals surface area contributed by atoms with Gasteiger partial charge in [-0.15, -0.1) is 0 Å². The molecule has 0 aliphatic heterocycles. The highest BCUT2D eigenvalue weighted by atomic mass is 19.4. The van der Waals surface area contributed by atoms with E-state index in [1.54, 1.807) is 12.3 Å². The minimum atomic E-state index is -4.73. The van der Waals surface area contributed by atoms with Crippen LogP contribution >= 0.6 is 0 Å². The molecule has 4 rings (SSSR count). The second-order valence-electron chi connectivity index (χ2n) is 8.32. The molecule has 2 aromatic heterocycles. The lowest BCUT2D eigenvalue weighted by molar-refractivity contribution is -0.137. The Morgan fingerprint density at radius 1 is 1.06 bits per heavy atom. The van der Waals surface area contributed by atoms with E-state index in [2.05, 4.69) is 25.9 Å². The van der Waals surface area contributed by atoms with Crippen molar-refractivity contribution in [3.8, 4) is 0 Å². The quantitative estimate of drug-likeness (QED) is 0.433. The number of benzene rings is 1. The summed E-state index contributed by atoms with van der Waals surface area (Å²) in [5.41, 5.74) is -0.518. The van der Waals surface area contributed by atoms with Crippen molar-refractivity contribution in [3.63, 3.8) is 0 Å². The number of hydrogen-bond donors (Lipinski definition) is 3. The first-order chi connectivity index (χ1) is 16.6. The third-order valence-electron chi connectivity index (χ3n) is 5.50. The van der Waals surface area contributed by atoms with Gasteiger partial charge in [-0.1, -0.05) is 0 Å². The molecule has 0 atom stereocenters. The average Bonchev–Trinajstić information content (AvgIpc) is 3.59. The minimum absolute atomic E-state index is 0.0626. The molecule has 0 spiro atoms. The number of nitrogens with zero attached hydrogens (tertiary/aromatic N) is 2. The smallest absolute Gasteiger partial charge is 0.354 e. The Bertz CT molecular complexity index is 1260. The van der Waals surface area contributed by atoms with Crippen LogP contribution in [0, 0.1) is 12.7 Å². The maximum atomic E-state index is 13.3. The molecule has 2 amide bonds. The molecule has 3 N–H and O–H groups in total. The summed E-state index contributed by atoms with van der Waals surface area (Å²) >= 11 is 0. The van der Waals surface area contributed by atoms with Gasteiger partial charge in [0.15, 0.2) is 0 Å². The Kier molecular flexibility index (Phi) is 6.42. The molecule has 0 bridgehead atoms. The molecule has 1 saturated carbocycles. The van der Waals surface area contributed by atoms with Crippen molar-refractivity contribution in [3.05, 3.63) is 83.2 Å². The van der Waals surface area contributed by atoms with Crippen molar-refractivity contribution in [2.75, 3.05) is 5.32 Å². The van der Waals surface area contributed by atoms with E-state index in [1.807, 2.05) is 6.92 Å². The third-order valence-corrected chi connectivity index (χ3v) is 5.50. The number of halogens is 4. The van der Waals surface area contributed by atoms with Crippen molar-refractivity contribution in [1.82, 2.24) is 20.6 Å². The van der Waals surface area contributed by atoms with E-state index in [9.17, 15) is 27.2 Å². The van der Waals surface area contributed by atoms with Crippen LogP contribution in [0.1, 0.15) is 40.0 Å². The van der Waals surface area contributed by atoms with Crippen LogP contribution in [0.25, 0.3) is 0 Å². The average molecular weight is 487 g/mol. The molecule has 7 nitrogen and oxygen atoms in total. The molecule has 1 aliphatic carbocycles. The molecule has 1 fully saturated rings. The van der Waals surface area contributed by atoms with E-state index >= 15 is 0 Å². The number of amides is 2. The summed E-state index contributed by atoms with van der Waals surface area (Å²) < 4.78 is 52.8.